The van der Waals surface area contributed by atoms with Gasteiger partial charge in [-0.25, -0.2) is 14.2 Å². The van der Waals surface area contributed by atoms with Crippen molar-refractivity contribution in [3.8, 4) is 10.4 Å². The molecule has 6 nitrogen and oxygen atoms in total. The molecule has 32 heavy (non-hydrogen) atoms. The second-order valence-electron chi connectivity index (χ2n) is 7.80. The highest BCUT2D eigenvalue weighted by molar-refractivity contribution is 7.15. The Morgan fingerprint density at radius 1 is 1.03 bits per heavy atom. The zero-order valence-corrected chi connectivity index (χ0v) is 18.5. The third kappa shape index (κ3) is 4.50. The number of aromatic nitrogens is 1. The van der Waals surface area contributed by atoms with E-state index in [0.717, 1.165) is 47.6 Å². The van der Waals surface area contributed by atoms with E-state index in [1.54, 1.807) is 30.5 Å². The van der Waals surface area contributed by atoms with Crippen LogP contribution in [0, 0.1) is 5.82 Å². The van der Waals surface area contributed by atoms with Gasteiger partial charge in [-0.15, -0.1) is 11.3 Å². The minimum Gasteiger partial charge on any atom is -0.468 e. The van der Waals surface area contributed by atoms with Crippen molar-refractivity contribution in [3.63, 3.8) is 0 Å². The van der Waals surface area contributed by atoms with Crippen LogP contribution >= 0.6 is 11.3 Å². The zero-order chi connectivity index (χ0) is 22.6. The lowest BCUT2D eigenvalue weighted by atomic mass is 9.74. The summed E-state index contributed by atoms with van der Waals surface area (Å²) in [5.41, 5.74) is 0.971. The van der Waals surface area contributed by atoms with Crippen molar-refractivity contribution >= 4 is 34.7 Å². The second kappa shape index (κ2) is 9.48. The van der Waals surface area contributed by atoms with Gasteiger partial charge in [-0.1, -0.05) is 43.5 Å². The average Bonchev–Trinajstić information content (AvgIpc) is 3.32. The molecule has 3 aromatic rings. The molecular weight excluding hydrogens is 429 g/mol. The van der Waals surface area contributed by atoms with E-state index in [2.05, 4.69) is 15.6 Å². The molecule has 1 aliphatic carbocycles. The Bertz CT molecular complexity index is 1110. The molecule has 8 heteroatoms. The number of thiazole rings is 1. The van der Waals surface area contributed by atoms with Crippen LogP contribution in [0.15, 0.2) is 54.7 Å². The summed E-state index contributed by atoms with van der Waals surface area (Å²) in [5.74, 6) is -0.708. The van der Waals surface area contributed by atoms with Crippen molar-refractivity contribution in [3.05, 3.63) is 65.6 Å². The Kier molecular flexibility index (Phi) is 6.50. The van der Waals surface area contributed by atoms with E-state index < -0.39 is 17.3 Å². The predicted molar refractivity (Wildman–Crippen MR) is 123 cm³/mol. The summed E-state index contributed by atoms with van der Waals surface area (Å²) in [5, 5.41) is 5.98. The molecule has 0 radical (unpaired) electrons. The number of benzene rings is 2. The molecule has 4 rings (SSSR count). The number of anilines is 2. The number of hydrogen-bond donors (Lipinski definition) is 2. The molecule has 166 valence electrons. The SMILES string of the molecule is COC(=O)C1(c2ncc(-c3ccc(NC(=O)Nc4ccccc4F)cc3)s2)CCCCC1. The number of carbonyl (C=O) groups excluding carboxylic acids is 2. The summed E-state index contributed by atoms with van der Waals surface area (Å²) in [7, 11) is 1.43. The van der Waals surface area contributed by atoms with E-state index in [4.69, 9.17) is 4.74 Å². The van der Waals surface area contributed by atoms with E-state index in [1.807, 2.05) is 12.1 Å². The van der Waals surface area contributed by atoms with Crippen molar-refractivity contribution in [1.82, 2.24) is 4.98 Å². The highest BCUT2D eigenvalue weighted by atomic mass is 32.1. The molecule has 1 fully saturated rings. The van der Waals surface area contributed by atoms with Crippen LogP contribution < -0.4 is 10.6 Å². The van der Waals surface area contributed by atoms with Crippen molar-refractivity contribution in [2.24, 2.45) is 0 Å². The summed E-state index contributed by atoms with van der Waals surface area (Å²) < 4.78 is 18.8. The third-order valence-electron chi connectivity index (χ3n) is 5.75. The minimum atomic E-state index is -0.651. The maximum absolute atomic E-state index is 13.7. The number of methoxy groups -OCH3 is 1. The van der Waals surface area contributed by atoms with Gasteiger partial charge in [0.2, 0.25) is 0 Å². The largest absolute Gasteiger partial charge is 0.468 e. The highest BCUT2D eigenvalue weighted by Gasteiger charge is 2.44. The quantitative estimate of drug-likeness (QED) is 0.467. The lowest BCUT2D eigenvalue weighted by Crippen LogP contribution is -2.38. The van der Waals surface area contributed by atoms with Gasteiger partial charge in [0.15, 0.2) is 0 Å². The number of halogens is 1. The maximum atomic E-state index is 13.7. The van der Waals surface area contributed by atoms with E-state index in [0.29, 0.717) is 5.69 Å². The summed E-state index contributed by atoms with van der Waals surface area (Å²) in [4.78, 5) is 30.3. The fraction of sp³-hybridized carbons (Fsp3) is 0.292. The van der Waals surface area contributed by atoms with Gasteiger partial charge in [0, 0.05) is 11.9 Å². The molecule has 2 N–H and O–H groups in total. The van der Waals surface area contributed by atoms with Crippen LogP contribution in [0.5, 0.6) is 0 Å². The average molecular weight is 454 g/mol. The Morgan fingerprint density at radius 2 is 1.75 bits per heavy atom. The predicted octanol–water partition coefficient (Wildman–Crippen LogP) is 5.97. The Morgan fingerprint density at radius 3 is 2.44 bits per heavy atom. The summed E-state index contributed by atoms with van der Waals surface area (Å²) in [6.45, 7) is 0. The Balaban J connectivity index is 1.47. The minimum absolute atomic E-state index is 0.112. The lowest BCUT2D eigenvalue weighted by Gasteiger charge is -2.32. The molecule has 2 aromatic carbocycles. The monoisotopic (exact) mass is 453 g/mol. The van der Waals surface area contributed by atoms with Crippen LogP contribution in [-0.4, -0.2) is 24.1 Å². The van der Waals surface area contributed by atoms with E-state index in [-0.39, 0.29) is 11.7 Å². The number of carbonyl (C=O) groups is 2. The molecule has 1 aliphatic rings. The van der Waals surface area contributed by atoms with E-state index in [9.17, 15) is 14.0 Å². The molecule has 0 bridgehead atoms. The van der Waals surface area contributed by atoms with Crippen LogP contribution in [0.1, 0.15) is 37.1 Å². The summed E-state index contributed by atoms with van der Waals surface area (Å²) >= 11 is 1.50. The van der Waals surface area contributed by atoms with Gasteiger partial charge < -0.3 is 15.4 Å². The van der Waals surface area contributed by atoms with Crippen LogP contribution in [0.3, 0.4) is 0 Å². The number of hydrogen-bond acceptors (Lipinski definition) is 5. The Labute approximate surface area is 189 Å². The first kappa shape index (κ1) is 22.0. The third-order valence-corrected chi connectivity index (χ3v) is 7.00. The standard InChI is InChI=1S/C24H24FN3O3S/c1-31-22(29)24(13-5-2-6-14-24)21-26-15-20(32-21)16-9-11-17(12-10-16)27-23(30)28-19-8-4-3-7-18(19)25/h3-4,7-12,15H,2,5-6,13-14H2,1H3,(H2,27,28,30). The molecule has 1 aromatic heterocycles. The van der Waals surface area contributed by atoms with E-state index in [1.165, 1.54) is 30.6 Å². The van der Waals surface area contributed by atoms with Gasteiger partial charge in [0.1, 0.15) is 16.2 Å². The Hall–Kier alpha value is -3.26. The fourth-order valence-corrected chi connectivity index (χ4v) is 5.21. The number of nitrogens with zero attached hydrogens (tertiary/aromatic N) is 1. The first-order valence-corrected chi connectivity index (χ1v) is 11.3. The van der Waals surface area contributed by atoms with Crippen LogP contribution in [-0.2, 0) is 14.9 Å². The molecule has 0 saturated heterocycles. The summed E-state index contributed by atoms with van der Waals surface area (Å²) in [6, 6.07) is 12.7. The molecule has 1 heterocycles. The van der Waals surface area contributed by atoms with Crippen LogP contribution in [0.2, 0.25) is 0 Å². The number of ether oxygens (including phenoxy) is 1. The first-order valence-electron chi connectivity index (χ1n) is 10.5. The maximum Gasteiger partial charge on any atom is 0.323 e. The molecule has 0 unspecified atom stereocenters. The fourth-order valence-electron chi connectivity index (χ4n) is 4.05. The number of nitrogens with one attached hydrogen (secondary N) is 2. The number of urea groups is 1. The van der Waals surface area contributed by atoms with Crippen LogP contribution in [0.25, 0.3) is 10.4 Å². The summed E-state index contributed by atoms with van der Waals surface area (Å²) in [6.07, 6.45) is 6.39. The number of amides is 2. The second-order valence-corrected chi connectivity index (χ2v) is 8.83. The van der Waals surface area contributed by atoms with Gasteiger partial charge in [-0.2, -0.15) is 0 Å². The molecule has 0 aliphatic heterocycles. The molecule has 1 saturated carbocycles. The number of esters is 1. The molecular formula is C24H24FN3O3S. The van der Waals surface area contributed by atoms with Gasteiger partial charge in [0.25, 0.3) is 0 Å². The van der Waals surface area contributed by atoms with Crippen molar-refractivity contribution < 1.29 is 18.7 Å². The van der Waals surface area contributed by atoms with Gasteiger partial charge in [0.05, 0.1) is 17.7 Å². The number of rotatable bonds is 5. The number of para-hydroxylation sites is 1. The normalized spacial score (nSPS) is 15.1. The van der Waals surface area contributed by atoms with E-state index >= 15 is 0 Å². The van der Waals surface area contributed by atoms with Gasteiger partial charge in [-0.05, 0) is 42.7 Å². The molecule has 0 spiro atoms. The highest BCUT2D eigenvalue weighted by Crippen LogP contribution is 2.43. The topological polar surface area (TPSA) is 80.3 Å². The van der Waals surface area contributed by atoms with Crippen molar-refractivity contribution in [2.45, 2.75) is 37.5 Å². The van der Waals surface area contributed by atoms with Gasteiger partial charge in [-0.3, -0.25) is 4.79 Å². The zero-order valence-electron chi connectivity index (χ0n) is 17.7. The van der Waals surface area contributed by atoms with Crippen molar-refractivity contribution in [2.75, 3.05) is 17.7 Å². The van der Waals surface area contributed by atoms with Crippen molar-refractivity contribution in [1.29, 1.82) is 0 Å². The molecule has 2 amide bonds. The van der Waals surface area contributed by atoms with Gasteiger partial charge >= 0.3 is 12.0 Å². The van der Waals surface area contributed by atoms with Crippen LogP contribution in [0.4, 0.5) is 20.6 Å². The first-order chi connectivity index (χ1) is 15.5. The lowest BCUT2D eigenvalue weighted by molar-refractivity contribution is -0.149. The smallest absolute Gasteiger partial charge is 0.323 e. The molecule has 0 atom stereocenters.